The van der Waals surface area contributed by atoms with Crippen molar-refractivity contribution in [2.45, 2.75) is 27.2 Å². The van der Waals surface area contributed by atoms with E-state index < -0.39 is 22.4 Å². The number of rotatable bonds is 3. The van der Waals surface area contributed by atoms with Gasteiger partial charge in [-0.25, -0.2) is 4.39 Å². The second-order valence-electron chi connectivity index (χ2n) is 5.08. The van der Waals surface area contributed by atoms with E-state index in [2.05, 4.69) is 0 Å². The van der Waals surface area contributed by atoms with Crippen LogP contribution in [-0.4, -0.2) is 10.9 Å². The maximum atomic E-state index is 13.0. The molecule has 98 valence electrons. The van der Waals surface area contributed by atoms with E-state index in [1.165, 1.54) is 0 Å². The number of carbonyl (C=O) groups is 1. The van der Waals surface area contributed by atoms with Gasteiger partial charge in [-0.2, -0.15) is 0 Å². The Bertz CT molecular complexity index is 479. The Morgan fingerprint density at radius 3 is 2.56 bits per heavy atom. The van der Waals surface area contributed by atoms with E-state index in [4.69, 9.17) is 4.74 Å². The fourth-order valence-electron chi connectivity index (χ4n) is 1.31. The molecule has 0 atom stereocenters. The first kappa shape index (κ1) is 14.1. The number of ether oxygens (including phenoxy) is 1. The Morgan fingerprint density at radius 1 is 1.44 bits per heavy atom. The van der Waals surface area contributed by atoms with Gasteiger partial charge in [0.25, 0.3) is 0 Å². The van der Waals surface area contributed by atoms with Crippen molar-refractivity contribution in [3.8, 4) is 5.75 Å². The smallest absolute Gasteiger partial charge is 0.311 e. The Hall–Kier alpha value is -1.98. The molecule has 0 amide bonds. The molecular weight excluding hydrogens is 241 g/mol. The van der Waals surface area contributed by atoms with Gasteiger partial charge < -0.3 is 4.74 Å². The second-order valence-corrected chi connectivity index (χ2v) is 5.08. The summed E-state index contributed by atoms with van der Waals surface area (Å²) in [5, 5.41) is 10.7. The minimum absolute atomic E-state index is 0.0840. The van der Waals surface area contributed by atoms with Crippen molar-refractivity contribution in [2.75, 3.05) is 0 Å². The largest absolute Gasteiger partial charge is 0.419 e. The third kappa shape index (κ3) is 4.12. The lowest BCUT2D eigenvalue weighted by molar-refractivity contribution is -0.385. The molecule has 5 nitrogen and oxygen atoms in total. The SMILES string of the molecule is CC(C)(C)CC(=O)Oc1cc(F)ccc1[N+](=O)[O-]. The lowest BCUT2D eigenvalue weighted by atomic mass is 9.92. The normalized spacial score (nSPS) is 11.1. The van der Waals surface area contributed by atoms with Crippen molar-refractivity contribution in [1.29, 1.82) is 0 Å². The molecule has 0 aliphatic rings. The number of hydrogen-bond acceptors (Lipinski definition) is 4. The third-order valence-corrected chi connectivity index (χ3v) is 2.02. The molecule has 0 unspecified atom stereocenters. The number of nitro benzene ring substituents is 1. The van der Waals surface area contributed by atoms with Gasteiger partial charge in [0.15, 0.2) is 0 Å². The van der Waals surface area contributed by atoms with E-state index in [1.54, 1.807) is 0 Å². The zero-order valence-electron chi connectivity index (χ0n) is 10.4. The topological polar surface area (TPSA) is 69.4 Å². The van der Waals surface area contributed by atoms with Crippen LogP contribution in [0.5, 0.6) is 5.75 Å². The van der Waals surface area contributed by atoms with Crippen LogP contribution in [0.25, 0.3) is 0 Å². The molecule has 0 bridgehead atoms. The van der Waals surface area contributed by atoms with Crippen LogP contribution in [0.3, 0.4) is 0 Å². The van der Waals surface area contributed by atoms with Crippen LogP contribution in [0.15, 0.2) is 18.2 Å². The van der Waals surface area contributed by atoms with Gasteiger partial charge in [-0.3, -0.25) is 14.9 Å². The zero-order valence-corrected chi connectivity index (χ0v) is 10.4. The van der Waals surface area contributed by atoms with Crippen molar-refractivity contribution in [3.05, 3.63) is 34.1 Å². The summed E-state index contributed by atoms with van der Waals surface area (Å²) in [4.78, 5) is 21.5. The first-order valence-corrected chi connectivity index (χ1v) is 5.34. The number of esters is 1. The molecule has 0 fully saturated rings. The molecule has 0 aliphatic heterocycles. The van der Waals surface area contributed by atoms with Gasteiger partial charge in [0.2, 0.25) is 5.75 Å². The van der Waals surface area contributed by atoms with Crippen molar-refractivity contribution in [1.82, 2.24) is 0 Å². The first-order valence-electron chi connectivity index (χ1n) is 5.34. The Labute approximate surface area is 104 Å². The fraction of sp³-hybridized carbons (Fsp3) is 0.417. The molecule has 0 saturated heterocycles. The summed E-state index contributed by atoms with van der Waals surface area (Å²) in [5.41, 5.74) is -0.738. The van der Waals surface area contributed by atoms with Crippen LogP contribution in [0.1, 0.15) is 27.2 Å². The number of carbonyl (C=O) groups excluding carboxylic acids is 1. The highest BCUT2D eigenvalue weighted by Crippen LogP contribution is 2.29. The molecule has 1 rings (SSSR count). The minimum Gasteiger partial charge on any atom is -0.419 e. The van der Waals surface area contributed by atoms with E-state index in [0.717, 1.165) is 18.2 Å². The molecule has 0 radical (unpaired) electrons. The van der Waals surface area contributed by atoms with Crippen LogP contribution < -0.4 is 4.74 Å². The summed E-state index contributed by atoms with van der Waals surface area (Å²) in [6.07, 6.45) is 0.0840. The molecule has 6 heteroatoms. The second kappa shape index (κ2) is 5.12. The summed E-state index contributed by atoms with van der Waals surface area (Å²) in [5.74, 6) is -1.69. The third-order valence-electron chi connectivity index (χ3n) is 2.02. The Kier molecular flexibility index (Phi) is 4.00. The summed E-state index contributed by atoms with van der Waals surface area (Å²) in [7, 11) is 0. The fourth-order valence-corrected chi connectivity index (χ4v) is 1.31. The molecule has 18 heavy (non-hydrogen) atoms. The van der Waals surface area contributed by atoms with E-state index in [1.807, 2.05) is 20.8 Å². The lowest BCUT2D eigenvalue weighted by Crippen LogP contribution is -2.18. The highest BCUT2D eigenvalue weighted by molar-refractivity contribution is 5.74. The van der Waals surface area contributed by atoms with Crippen LogP contribution in [0.2, 0.25) is 0 Å². The van der Waals surface area contributed by atoms with Gasteiger partial charge in [-0.1, -0.05) is 20.8 Å². The molecule has 0 heterocycles. The average molecular weight is 255 g/mol. The number of hydrogen-bond donors (Lipinski definition) is 0. The van der Waals surface area contributed by atoms with E-state index in [9.17, 15) is 19.3 Å². The van der Waals surface area contributed by atoms with Gasteiger partial charge in [-0.05, 0) is 11.5 Å². The summed E-state index contributed by atoms with van der Waals surface area (Å²) in [6.45, 7) is 5.48. The molecule has 0 aromatic heterocycles. The Morgan fingerprint density at radius 2 is 2.06 bits per heavy atom. The molecule has 0 saturated carbocycles. The van der Waals surface area contributed by atoms with Crippen molar-refractivity contribution >= 4 is 11.7 Å². The summed E-state index contributed by atoms with van der Waals surface area (Å²) < 4.78 is 17.8. The van der Waals surface area contributed by atoms with E-state index >= 15 is 0 Å². The monoisotopic (exact) mass is 255 g/mol. The molecule has 0 aliphatic carbocycles. The average Bonchev–Trinajstić information content (AvgIpc) is 2.13. The number of halogens is 1. The van der Waals surface area contributed by atoms with Crippen molar-refractivity contribution in [2.24, 2.45) is 5.41 Å². The van der Waals surface area contributed by atoms with Gasteiger partial charge in [0.1, 0.15) is 5.82 Å². The zero-order chi connectivity index (χ0) is 13.9. The van der Waals surface area contributed by atoms with Crippen LogP contribution >= 0.6 is 0 Å². The van der Waals surface area contributed by atoms with Crippen molar-refractivity contribution < 1.29 is 18.8 Å². The van der Waals surface area contributed by atoms with Gasteiger partial charge >= 0.3 is 11.7 Å². The summed E-state index contributed by atoms with van der Waals surface area (Å²) >= 11 is 0. The predicted molar refractivity (Wildman–Crippen MR) is 62.8 cm³/mol. The van der Waals surface area contributed by atoms with Crippen molar-refractivity contribution in [3.63, 3.8) is 0 Å². The van der Waals surface area contributed by atoms with Crippen LogP contribution in [-0.2, 0) is 4.79 Å². The standard InChI is InChI=1S/C12H14FNO4/c1-12(2,3)7-11(15)18-10-6-8(13)4-5-9(10)14(16)17/h4-6H,7H2,1-3H3. The predicted octanol–water partition coefficient (Wildman–Crippen LogP) is 3.08. The van der Waals surface area contributed by atoms with Crippen LogP contribution in [0.4, 0.5) is 10.1 Å². The van der Waals surface area contributed by atoms with E-state index in [0.29, 0.717) is 0 Å². The molecule has 0 N–H and O–H groups in total. The number of nitro groups is 1. The number of benzene rings is 1. The van der Waals surface area contributed by atoms with E-state index in [-0.39, 0.29) is 17.6 Å². The van der Waals surface area contributed by atoms with Gasteiger partial charge in [-0.15, -0.1) is 0 Å². The lowest BCUT2D eigenvalue weighted by Gasteiger charge is -2.16. The molecule has 0 spiro atoms. The van der Waals surface area contributed by atoms with Gasteiger partial charge in [0.05, 0.1) is 11.3 Å². The maximum absolute atomic E-state index is 13.0. The highest BCUT2D eigenvalue weighted by Gasteiger charge is 2.22. The Balaban J connectivity index is 2.93. The molecular formula is C12H14FNO4. The summed E-state index contributed by atoms with van der Waals surface area (Å²) in [6, 6.07) is 2.74. The van der Waals surface area contributed by atoms with Crippen LogP contribution in [0, 0.1) is 21.3 Å². The first-order chi connectivity index (χ1) is 8.19. The van der Waals surface area contributed by atoms with Gasteiger partial charge in [0, 0.05) is 12.1 Å². The minimum atomic E-state index is -0.723. The maximum Gasteiger partial charge on any atom is 0.311 e. The quantitative estimate of drug-likeness (QED) is 0.360. The molecule has 1 aromatic rings. The highest BCUT2D eigenvalue weighted by atomic mass is 19.1. The molecule has 1 aromatic carbocycles. The number of nitrogens with zero attached hydrogens (tertiary/aromatic N) is 1.